The van der Waals surface area contributed by atoms with Crippen LogP contribution in [0.4, 0.5) is 5.69 Å². The Morgan fingerprint density at radius 1 is 1.15 bits per heavy atom. The van der Waals surface area contributed by atoms with E-state index in [1.165, 1.54) is 10.6 Å². The molecule has 2 heterocycles. The van der Waals surface area contributed by atoms with E-state index in [0.717, 1.165) is 22.4 Å². The Kier molecular flexibility index (Phi) is 5.02. The highest BCUT2D eigenvalue weighted by Gasteiger charge is 2.11. The van der Waals surface area contributed by atoms with Crippen molar-refractivity contribution in [3.63, 3.8) is 0 Å². The Bertz CT molecular complexity index is 1010. The van der Waals surface area contributed by atoms with Crippen LogP contribution < -0.4 is 15.6 Å². The van der Waals surface area contributed by atoms with Crippen molar-refractivity contribution in [3.05, 3.63) is 64.1 Å². The molecule has 1 N–H and O–H groups in total. The van der Waals surface area contributed by atoms with Crippen LogP contribution in [0.3, 0.4) is 0 Å². The third kappa shape index (κ3) is 3.74. The van der Waals surface area contributed by atoms with Crippen LogP contribution in [0, 0.1) is 13.8 Å². The van der Waals surface area contributed by atoms with Crippen LogP contribution in [-0.2, 0) is 11.3 Å². The number of ether oxygens (including phenoxy) is 1. The first-order valence-electron chi connectivity index (χ1n) is 8.48. The first-order valence-corrected chi connectivity index (χ1v) is 8.48. The van der Waals surface area contributed by atoms with Crippen molar-refractivity contribution >= 4 is 22.6 Å². The number of nitrogens with one attached hydrogen (secondary N) is 1. The van der Waals surface area contributed by atoms with Crippen LogP contribution in [0.2, 0.25) is 0 Å². The summed E-state index contributed by atoms with van der Waals surface area (Å²) in [7, 11) is 0. The number of amides is 1. The van der Waals surface area contributed by atoms with Crippen molar-refractivity contribution in [2.45, 2.75) is 27.3 Å². The summed E-state index contributed by atoms with van der Waals surface area (Å²) < 4.78 is 6.78. The van der Waals surface area contributed by atoms with Crippen LogP contribution in [-0.4, -0.2) is 22.1 Å². The summed E-state index contributed by atoms with van der Waals surface area (Å²) in [6, 6.07) is 12.3. The fraction of sp³-hybridized carbons (Fsp3) is 0.250. The van der Waals surface area contributed by atoms with Crippen LogP contribution in [0.1, 0.15) is 18.2 Å². The largest absolute Gasteiger partial charge is 0.494 e. The van der Waals surface area contributed by atoms with Crippen LogP contribution in [0.25, 0.3) is 11.0 Å². The Labute approximate surface area is 151 Å². The number of fused-ring (bicyclic) bond motifs is 1. The molecule has 26 heavy (non-hydrogen) atoms. The smallest absolute Gasteiger partial charge is 0.252 e. The number of pyridine rings is 2. The van der Waals surface area contributed by atoms with Gasteiger partial charge >= 0.3 is 0 Å². The highest BCUT2D eigenvalue weighted by molar-refractivity contribution is 5.91. The van der Waals surface area contributed by atoms with Gasteiger partial charge in [-0.05, 0) is 62.7 Å². The van der Waals surface area contributed by atoms with Gasteiger partial charge in [-0.15, -0.1) is 0 Å². The van der Waals surface area contributed by atoms with Gasteiger partial charge in [0.25, 0.3) is 5.56 Å². The third-order valence-corrected chi connectivity index (χ3v) is 4.04. The summed E-state index contributed by atoms with van der Waals surface area (Å²) in [5.41, 5.74) is 2.75. The average Bonchev–Trinajstić information content (AvgIpc) is 2.59. The number of carbonyl (C=O) groups excluding carboxylic acids is 1. The van der Waals surface area contributed by atoms with Crippen molar-refractivity contribution in [1.82, 2.24) is 9.55 Å². The summed E-state index contributed by atoms with van der Waals surface area (Å²) in [4.78, 5) is 29.2. The number of benzene rings is 1. The molecule has 134 valence electrons. The number of hydrogen-bond acceptors (Lipinski definition) is 4. The minimum Gasteiger partial charge on any atom is -0.494 e. The highest BCUT2D eigenvalue weighted by Crippen LogP contribution is 2.17. The zero-order valence-electron chi connectivity index (χ0n) is 15.1. The number of aromatic nitrogens is 2. The van der Waals surface area contributed by atoms with Crippen LogP contribution >= 0.6 is 0 Å². The maximum atomic E-state index is 12.4. The van der Waals surface area contributed by atoms with Crippen molar-refractivity contribution < 1.29 is 9.53 Å². The van der Waals surface area contributed by atoms with Gasteiger partial charge < -0.3 is 10.1 Å². The van der Waals surface area contributed by atoms with Crippen molar-refractivity contribution in [3.8, 4) is 5.75 Å². The summed E-state index contributed by atoms with van der Waals surface area (Å²) >= 11 is 0. The molecule has 0 saturated carbocycles. The quantitative estimate of drug-likeness (QED) is 0.767. The number of anilines is 1. The van der Waals surface area contributed by atoms with Gasteiger partial charge in [-0.25, -0.2) is 4.98 Å². The Morgan fingerprint density at radius 2 is 1.88 bits per heavy atom. The van der Waals surface area contributed by atoms with E-state index in [0.29, 0.717) is 17.9 Å². The van der Waals surface area contributed by atoms with E-state index in [1.807, 2.05) is 26.8 Å². The molecule has 1 aromatic carbocycles. The van der Waals surface area contributed by atoms with Gasteiger partial charge in [0.15, 0.2) is 0 Å². The molecule has 6 heteroatoms. The molecule has 0 aliphatic heterocycles. The predicted octanol–water partition coefficient (Wildman–Crippen LogP) is 3.05. The molecule has 2 aromatic heterocycles. The van der Waals surface area contributed by atoms with E-state index in [9.17, 15) is 9.59 Å². The minimum absolute atomic E-state index is 0.0979. The van der Waals surface area contributed by atoms with Gasteiger partial charge in [0.05, 0.1) is 6.61 Å². The van der Waals surface area contributed by atoms with E-state index in [1.54, 1.807) is 30.3 Å². The lowest BCUT2D eigenvalue weighted by molar-refractivity contribution is -0.116. The molecule has 6 nitrogen and oxygen atoms in total. The van der Waals surface area contributed by atoms with Crippen molar-refractivity contribution in [2.24, 2.45) is 0 Å². The van der Waals surface area contributed by atoms with Crippen LogP contribution in [0.15, 0.2) is 47.3 Å². The molecule has 0 aliphatic carbocycles. The average molecular weight is 351 g/mol. The van der Waals surface area contributed by atoms with Crippen molar-refractivity contribution in [1.29, 1.82) is 0 Å². The maximum absolute atomic E-state index is 12.4. The minimum atomic E-state index is -0.287. The molecule has 3 aromatic rings. The Morgan fingerprint density at radius 3 is 2.58 bits per heavy atom. The second-order valence-corrected chi connectivity index (χ2v) is 6.08. The fourth-order valence-electron chi connectivity index (χ4n) is 2.89. The number of rotatable bonds is 5. The SMILES string of the molecule is CCOc1ccc(NC(=O)Cn2c(=O)ccc3c(C)cc(C)nc32)cc1. The second-order valence-electron chi connectivity index (χ2n) is 6.08. The summed E-state index contributed by atoms with van der Waals surface area (Å²) in [5, 5.41) is 3.66. The molecule has 0 spiro atoms. The molecular formula is C20H21N3O3. The number of hydrogen-bond donors (Lipinski definition) is 1. The normalized spacial score (nSPS) is 10.7. The molecular weight excluding hydrogens is 330 g/mol. The maximum Gasteiger partial charge on any atom is 0.252 e. The molecule has 0 bridgehead atoms. The highest BCUT2D eigenvalue weighted by atomic mass is 16.5. The monoisotopic (exact) mass is 351 g/mol. The first kappa shape index (κ1) is 17.7. The second kappa shape index (κ2) is 7.39. The molecule has 0 atom stereocenters. The molecule has 0 saturated heterocycles. The van der Waals surface area contributed by atoms with Gasteiger partial charge in [0.2, 0.25) is 5.91 Å². The fourth-order valence-corrected chi connectivity index (χ4v) is 2.89. The zero-order chi connectivity index (χ0) is 18.7. The zero-order valence-corrected chi connectivity index (χ0v) is 15.1. The van der Waals surface area contributed by atoms with E-state index in [4.69, 9.17) is 4.74 Å². The topological polar surface area (TPSA) is 73.2 Å². The van der Waals surface area contributed by atoms with Gasteiger partial charge in [-0.1, -0.05) is 0 Å². The van der Waals surface area contributed by atoms with Gasteiger partial charge in [-0.2, -0.15) is 0 Å². The Balaban J connectivity index is 1.85. The predicted molar refractivity (Wildman–Crippen MR) is 102 cm³/mol. The van der Waals surface area contributed by atoms with E-state index in [2.05, 4.69) is 10.3 Å². The van der Waals surface area contributed by atoms with E-state index < -0.39 is 0 Å². The summed E-state index contributed by atoms with van der Waals surface area (Å²) in [5.74, 6) is 0.454. The molecule has 1 amide bonds. The van der Waals surface area contributed by atoms with E-state index >= 15 is 0 Å². The van der Waals surface area contributed by atoms with E-state index in [-0.39, 0.29) is 18.0 Å². The molecule has 0 unspecified atom stereocenters. The number of carbonyl (C=O) groups is 1. The summed E-state index contributed by atoms with van der Waals surface area (Å²) in [6.07, 6.45) is 0. The lowest BCUT2D eigenvalue weighted by Crippen LogP contribution is -2.28. The number of aryl methyl sites for hydroxylation is 2. The van der Waals surface area contributed by atoms with Crippen LogP contribution in [0.5, 0.6) is 5.75 Å². The standard InChI is InChI=1S/C20H21N3O3/c1-4-26-16-7-5-15(6-8-16)22-18(24)12-23-19(25)10-9-17-13(2)11-14(3)21-20(17)23/h5-11H,4,12H2,1-3H3,(H,22,24). The van der Waals surface area contributed by atoms with Gasteiger partial charge in [-0.3, -0.25) is 14.2 Å². The first-order chi connectivity index (χ1) is 12.5. The molecule has 0 radical (unpaired) electrons. The Hall–Kier alpha value is -3.15. The molecule has 3 rings (SSSR count). The molecule has 0 fully saturated rings. The molecule has 0 aliphatic rings. The van der Waals surface area contributed by atoms with Gasteiger partial charge in [0.1, 0.15) is 17.9 Å². The van der Waals surface area contributed by atoms with Gasteiger partial charge in [0, 0.05) is 22.8 Å². The number of nitrogens with zero attached hydrogens (tertiary/aromatic N) is 2. The third-order valence-electron chi connectivity index (χ3n) is 4.04. The lowest BCUT2D eigenvalue weighted by Gasteiger charge is -2.12. The lowest BCUT2D eigenvalue weighted by atomic mass is 10.1. The summed E-state index contributed by atoms with van der Waals surface area (Å²) in [6.45, 7) is 6.23. The van der Waals surface area contributed by atoms with Crippen molar-refractivity contribution in [2.75, 3.05) is 11.9 Å².